The summed E-state index contributed by atoms with van der Waals surface area (Å²) >= 11 is 3.44. The minimum atomic E-state index is 0.0497. The Morgan fingerprint density at radius 3 is 2.88 bits per heavy atom. The molecule has 0 bridgehead atoms. The zero-order valence-corrected chi connectivity index (χ0v) is 11.9. The van der Waals surface area contributed by atoms with E-state index in [1.807, 2.05) is 25.1 Å². The van der Waals surface area contributed by atoms with E-state index in [1.165, 1.54) is 5.56 Å². The van der Waals surface area contributed by atoms with E-state index in [-0.39, 0.29) is 11.9 Å². The third-order valence-electron chi connectivity index (χ3n) is 2.49. The fourth-order valence-electron chi connectivity index (χ4n) is 1.47. The highest BCUT2D eigenvalue weighted by atomic mass is 79.9. The molecule has 1 aromatic carbocycles. The van der Waals surface area contributed by atoms with Crippen molar-refractivity contribution in [2.45, 2.75) is 26.3 Å². The van der Waals surface area contributed by atoms with Gasteiger partial charge in [-0.25, -0.2) is 0 Å². The lowest BCUT2D eigenvalue weighted by Gasteiger charge is -2.14. The molecule has 0 unspecified atom stereocenters. The second-order valence-corrected chi connectivity index (χ2v) is 4.92. The van der Waals surface area contributed by atoms with Crippen LogP contribution in [0.4, 0.5) is 0 Å². The topological polar surface area (TPSA) is 41.1 Å². The molecule has 1 atom stereocenters. The van der Waals surface area contributed by atoms with Crippen LogP contribution >= 0.6 is 15.9 Å². The maximum Gasteiger partial charge on any atom is 0.233 e. The van der Waals surface area contributed by atoms with Gasteiger partial charge in [-0.05, 0) is 31.0 Å². The van der Waals surface area contributed by atoms with Gasteiger partial charge in [0.05, 0.1) is 6.54 Å². The maximum atomic E-state index is 11.4. The van der Waals surface area contributed by atoms with Crippen LogP contribution in [0.1, 0.15) is 31.9 Å². The van der Waals surface area contributed by atoms with Crippen LogP contribution in [0.3, 0.4) is 0 Å². The molecule has 17 heavy (non-hydrogen) atoms. The van der Waals surface area contributed by atoms with Crippen molar-refractivity contribution in [3.8, 4) is 0 Å². The van der Waals surface area contributed by atoms with Crippen LogP contribution < -0.4 is 10.6 Å². The van der Waals surface area contributed by atoms with Gasteiger partial charge >= 0.3 is 0 Å². The predicted octanol–water partition coefficient (Wildman–Crippen LogP) is 2.63. The molecule has 0 saturated carbocycles. The van der Waals surface area contributed by atoms with Gasteiger partial charge in [0.25, 0.3) is 0 Å². The Hall–Kier alpha value is -0.870. The summed E-state index contributed by atoms with van der Waals surface area (Å²) in [5.74, 6) is 0.0497. The van der Waals surface area contributed by atoms with Crippen LogP contribution in [0.5, 0.6) is 0 Å². The van der Waals surface area contributed by atoms with Crippen molar-refractivity contribution < 1.29 is 4.79 Å². The van der Waals surface area contributed by atoms with Gasteiger partial charge in [0.2, 0.25) is 5.91 Å². The second kappa shape index (κ2) is 7.45. The molecule has 4 heteroatoms. The van der Waals surface area contributed by atoms with Gasteiger partial charge in [0, 0.05) is 17.1 Å². The fraction of sp³-hybridized carbons (Fsp3) is 0.462. The molecule has 3 nitrogen and oxygen atoms in total. The first kappa shape index (κ1) is 14.2. The van der Waals surface area contributed by atoms with Crippen molar-refractivity contribution in [3.05, 3.63) is 34.3 Å². The third kappa shape index (κ3) is 5.33. The van der Waals surface area contributed by atoms with E-state index in [1.54, 1.807) is 0 Å². The molecule has 1 aromatic rings. The Labute approximate surface area is 111 Å². The molecule has 0 radical (unpaired) electrons. The molecular formula is C13H19BrN2O. The number of hydrogen-bond donors (Lipinski definition) is 2. The quantitative estimate of drug-likeness (QED) is 0.848. The number of carbonyl (C=O) groups is 1. The Balaban J connectivity index is 2.39. The number of benzene rings is 1. The molecule has 0 aliphatic heterocycles. The number of rotatable bonds is 6. The summed E-state index contributed by atoms with van der Waals surface area (Å²) in [6, 6.07) is 8.26. The lowest BCUT2D eigenvalue weighted by molar-refractivity contribution is -0.120. The van der Waals surface area contributed by atoms with Crippen molar-refractivity contribution >= 4 is 21.8 Å². The van der Waals surface area contributed by atoms with E-state index >= 15 is 0 Å². The number of nitrogens with one attached hydrogen (secondary N) is 2. The highest BCUT2D eigenvalue weighted by Gasteiger charge is 2.07. The molecule has 2 N–H and O–H groups in total. The molecular weight excluding hydrogens is 280 g/mol. The SMILES string of the molecule is CCCNC(=O)CN[C@@H](C)c1cccc(Br)c1. The normalized spacial score (nSPS) is 12.2. The van der Waals surface area contributed by atoms with Gasteiger partial charge in [0.1, 0.15) is 0 Å². The number of amides is 1. The van der Waals surface area contributed by atoms with Crippen LogP contribution in [-0.2, 0) is 4.79 Å². The van der Waals surface area contributed by atoms with Crippen molar-refractivity contribution in [2.75, 3.05) is 13.1 Å². The monoisotopic (exact) mass is 298 g/mol. The number of hydrogen-bond acceptors (Lipinski definition) is 2. The standard InChI is InChI=1S/C13H19BrN2O/c1-3-7-15-13(17)9-16-10(2)11-5-4-6-12(14)8-11/h4-6,8,10,16H,3,7,9H2,1-2H3,(H,15,17)/t10-/m0/s1. The van der Waals surface area contributed by atoms with Gasteiger partial charge in [-0.15, -0.1) is 0 Å². The number of carbonyl (C=O) groups excluding carboxylic acids is 1. The van der Waals surface area contributed by atoms with Crippen molar-refractivity contribution in [3.63, 3.8) is 0 Å². The summed E-state index contributed by atoms with van der Waals surface area (Å²) in [4.78, 5) is 11.4. The van der Waals surface area contributed by atoms with E-state index in [2.05, 4.69) is 39.6 Å². The molecule has 0 aliphatic rings. The molecule has 1 rings (SSSR count). The van der Waals surface area contributed by atoms with Crippen LogP contribution in [0.2, 0.25) is 0 Å². The first-order valence-corrected chi connectivity index (χ1v) is 6.68. The molecule has 0 spiro atoms. The molecule has 94 valence electrons. The van der Waals surface area contributed by atoms with Gasteiger partial charge in [-0.3, -0.25) is 4.79 Å². The molecule has 0 heterocycles. The summed E-state index contributed by atoms with van der Waals surface area (Å²) in [6.07, 6.45) is 0.965. The van der Waals surface area contributed by atoms with E-state index in [9.17, 15) is 4.79 Å². The Morgan fingerprint density at radius 2 is 2.24 bits per heavy atom. The van der Waals surface area contributed by atoms with Crippen molar-refractivity contribution in [2.24, 2.45) is 0 Å². The summed E-state index contributed by atoms with van der Waals surface area (Å²) in [7, 11) is 0. The molecule has 1 amide bonds. The van der Waals surface area contributed by atoms with Crippen LogP contribution in [0, 0.1) is 0 Å². The summed E-state index contributed by atoms with van der Waals surface area (Å²) in [5, 5.41) is 6.04. The fourth-order valence-corrected chi connectivity index (χ4v) is 1.88. The van der Waals surface area contributed by atoms with Gasteiger partial charge in [-0.1, -0.05) is 35.0 Å². The van der Waals surface area contributed by atoms with E-state index in [0.717, 1.165) is 17.4 Å². The lowest BCUT2D eigenvalue weighted by Crippen LogP contribution is -2.35. The average molecular weight is 299 g/mol. The smallest absolute Gasteiger partial charge is 0.233 e. The lowest BCUT2D eigenvalue weighted by atomic mass is 10.1. The summed E-state index contributed by atoms with van der Waals surface area (Å²) < 4.78 is 1.05. The zero-order valence-electron chi connectivity index (χ0n) is 10.3. The minimum absolute atomic E-state index is 0.0497. The van der Waals surface area contributed by atoms with Gasteiger partial charge < -0.3 is 10.6 Å². The van der Waals surface area contributed by atoms with Gasteiger partial charge in [0.15, 0.2) is 0 Å². The average Bonchev–Trinajstić information content (AvgIpc) is 2.33. The highest BCUT2D eigenvalue weighted by Crippen LogP contribution is 2.17. The first-order chi connectivity index (χ1) is 8.13. The Kier molecular flexibility index (Phi) is 6.22. The van der Waals surface area contributed by atoms with E-state index < -0.39 is 0 Å². The Morgan fingerprint density at radius 1 is 1.47 bits per heavy atom. The number of halogens is 1. The summed E-state index contributed by atoms with van der Waals surface area (Å²) in [6.45, 7) is 5.19. The van der Waals surface area contributed by atoms with E-state index in [4.69, 9.17) is 0 Å². The second-order valence-electron chi connectivity index (χ2n) is 4.01. The van der Waals surface area contributed by atoms with Crippen LogP contribution in [0.25, 0.3) is 0 Å². The van der Waals surface area contributed by atoms with Gasteiger partial charge in [-0.2, -0.15) is 0 Å². The highest BCUT2D eigenvalue weighted by molar-refractivity contribution is 9.10. The molecule has 0 aromatic heterocycles. The minimum Gasteiger partial charge on any atom is -0.355 e. The largest absolute Gasteiger partial charge is 0.355 e. The third-order valence-corrected chi connectivity index (χ3v) is 2.98. The van der Waals surface area contributed by atoms with Crippen LogP contribution in [-0.4, -0.2) is 19.0 Å². The maximum absolute atomic E-state index is 11.4. The van der Waals surface area contributed by atoms with Crippen LogP contribution in [0.15, 0.2) is 28.7 Å². The van der Waals surface area contributed by atoms with Crippen molar-refractivity contribution in [1.29, 1.82) is 0 Å². The first-order valence-electron chi connectivity index (χ1n) is 5.89. The Bertz CT molecular complexity index is 368. The molecule has 0 aliphatic carbocycles. The predicted molar refractivity (Wildman–Crippen MR) is 73.9 cm³/mol. The molecule has 0 fully saturated rings. The zero-order chi connectivity index (χ0) is 12.7. The summed E-state index contributed by atoms with van der Waals surface area (Å²) in [5.41, 5.74) is 1.17. The molecule has 0 saturated heterocycles. The van der Waals surface area contributed by atoms with E-state index in [0.29, 0.717) is 6.54 Å². The van der Waals surface area contributed by atoms with Crippen molar-refractivity contribution in [1.82, 2.24) is 10.6 Å².